The number of H-pyrrole nitrogens is 1. The normalized spacial score (nSPS) is 24.9. The van der Waals surface area contributed by atoms with Crippen LogP contribution in [-0.2, 0) is 16.8 Å². The van der Waals surface area contributed by atoms with Crippen molar-refractivity contribution >= 4 is 21.9 Å². The third kappa shape index (κ3) is 1.79. The molecule has 1 atom stereocenters. The highest BCUT2D eigenvalue weighted by Crippen LogP contribution is 2.40. The van der Waals surface area contributed by atoms with Crippen molar-refractivity contribution in [2.75, 3.05) is 0 Å². The average molecular weight is 275 g/mol. The molecule has 1 aromatic heterocycles. The number of halogens is 1. The van der Waals surface area contributed by atoms with Crippen LogP contribution in [0, 0.1) is 0 Å². The maximum atomic E-state index is 10.7. The molecule has 1 aromatic rings. The van der Waals surface area contributed by atoms with E-state index in [1.165, 1.54) is 0 Å². The number of aliphatic hydroxyl groups is 1. The Morgan fingerprint density at radius 3 is 3.07 bits per heavy atom. The third-order valence-corrected chi connectivity index (χ3v) is 3.30. The predicted octanol–water partition coefficient (Wildman–Crippen LogP) is 1.17. The quantitative estimate of drug-likeness (QED) is 0.756. The zero-order valence-corrected chi connectivity index (χ0v) is 9.54. The van der Waals surface area contributed by atoms with Crippen molar-refractivity contribution in [1.29, 1.82) is 0 Å². The Balaban J connectivity index is 2.43. The molecule has 5 nitrogen and oxygen atoms in total. The molecule has 82 valence electrons. The van der Waals surface area contributed by atoms with Crippen molar-refractivity contribution in [2.24, 2.45) is 0 Å². The fourth-order valence-corrected chi connectivity index (χ4v) is 2.81. The molecule has 2 rings (SSSR count). The molecule has 0 saturated carbocycles. The first-order valence-electron chi connectivity index (χ1n) is 4.70. The highest BCUT2D eigenvalue weighted by atomic mass is 79.9. The van der Waals surface area contributed by atoms with Crippen molar-refractivity contribution in [3.8, 4) is 0 Å². The molecular formula is C9H11BrN2O3. The first-order valence-corrected chi connectivity index (χ1v) is 5.49. The van der Waals surface area contributed by atoms with Gasteiger partial charge in [0.2, 0.25) is 0 Å². The standard InChI is InChI=1S/C9H11BrN2O3/c10-8-7-5(11-12-8)2-1-3-9(7,15)4-6(13)14/h15H,1-4H2,(H,11,12)(H,13,14). The number of rotatable bonds is 2. The van der Waals surface area contributed by atoms with E-state index in [4.69, 9.17) is 5.11 Å². The van der Waals surface area contributed by atoms with E-state index in [-0.39, 0.29) is 6.42 Å². The maximum Gasteiger partial charge on any atom is 0.306 e. The Bertz CT molecular complexity index is 404. The first-order chi connectivity index (χ1) is 7.03. The number of fused-ring (bicyclic) bond motifs is 1. The Kier molecular flexibility index (Phi) is 2.56. The van der Waals surface area contributed by atoms with Crippen LogP contribution in [0.3, 0.4) is 0 Å². The SMILES string of the molecule is O=C(O)CC1(O)CCCc2[nH]nc(Br)c21. The van der Waals surface area contributed by atoms with Gasteiger partial charge in [0.05, 0.1) is 6.42 Å². The second kappa shape index (κ2) is 3.61. The number of carboxylic acids is 1. The van der Waals surface area contributed by atoms with E-state index in [2.05, 4.69) is 26.1 Å². The predicted molar refractivity (Wildman–Crippen MR) is 55.4 cm³/mol. The minimum Gasteiger partial charge on any atom is -0.481 e. The summed E-state index contributed by atoms with van der Waals surface area (Å²) in [5, 5.41) is 25.8. The zero-order chi connectivity index (χ0) is 11.1. The lowest BCUT2D eigenvalue weighted by Gasteiger charge is -2.30. The molecule has 0 spiro atoms. The number of hydrogen-bond donors (Lipinski definition) is 3. The summed E-state index contributed by atoms with van der Waals surface area (Å²) in [6.07, 6.45) is 1.75. The molecule has 0 aromatic carbocycles. The molecule has 1 heterocycles. The highest BCUT2D eigenvalue weighted by Gasteiger charge is 2.39. The zero-order valence-electron chi connectivity index (χ0n) is 7.96. The number of nitrogens with zero attached hydrogens (tertiary/aromatic N) is 1. The fourth-order valence-electron chi connectivity index (χ4n) is 2.12. The van der Waals surface area contributed by atoms with Crippen molar-refractivity contribution < 1.29 is 15.0 Å². The van der Waals surface area contributed by atoms with Gasteiger partial charge < -0.3 is 10.2 Å². The lowest BCUT2D eigenvalue weighted by molar-refractivity contribution is -0.143. The second-order valence-corrected chi connectivity index (χ2v) is 4.57. The van der Waals surface area contributed by atoms with Gasteiger partial charge in [0.15, 0.2) is 0 Å². The van der Waals surface area contributed by atoms with Crippen LogP contribution in [0.1, 0.15) is 30.5 Å². The Hall–Kier alpha value is -0.880. The average Bonchev–Trinajstić information content (AvgIpc) is 2.47. The van der Waals surface area contributed by atoms with E-state index in [1.54, 1.807) is 0 Å². The summed E-state index contributed by atoms with van der Waals surface area (Å²) >= 11 is 3.22. The Morgan fingerprint density at radius 1 is 1.67 bits per heavy atom. The monoisotopic (exact) mass is 274 g/mol. The fraction of sp³-hybridized carbons (Fsp3) is 0.556. The van der Waals surface area contributed by atoms with E-state index in [0.717, 1.165) is 18.5 Å². The lowest BCUT2D eigenvalue weighted by Crippen LogP contribution is -2.33. The van der Waals surface area contributed by atoms with Crippen LogP contribution in [0.25, 0.3) is 0 Å². The number of aliphatic carboxylic acids is 1. The van der Waals surface area contributed by atoms with E-state index < -0.39 is 11.6 Å². The number of aromatic amines is 1. The Labute approximate surface area is 94.6 Å². The van der Waals surface area contributed by atoms with E-state index in [1.807, 2.05) is 0 Å². The van der Waals surface area contributed by atoms with Gasteiger partial charge in [0.25, 0.3) is 0 Å². The van der Waals surface area contributed by atoms with Crippen molar-refractivity contribution in [3.63, 3.8) is 0 Å². The molecule has 1 aliphatic rings. The molecule has 6 heteroatoms. The van der Waals surface area contributed by atoms with Gasteiger partial charge in [-0.3, -0.25) is 9.89 Å². The number of carbonyl (C=O) groups is 1. The summed E-state index contributed by atoms with van der Waals surface area (Å²) in [6, 6.07) is 0. The molecule has 0 aliphatic heterocycles. The van der Waals surface area contributed by atoms with Crippen LogP contribution in [0.4, 0.5) is 0 Å². The molecule has 0 radical (unpaired) electrons. The Morgan fingerprint density at radius 2 is 2.40 bits per heavy atom. The van der Waals surface area contributed by atoms with Gasteiger partial charge in [-0.2, -0.15) is 5.10 Å². The summed E-state index contributed by atoms with van der Waals surface area (Å²) < 4.78 is 0.515. The van der Waals surface area contributed by atoms with Gasteiger partial charge in [-0.15, -0.1) is 0 Å². The van der Waals surface area contributed by atoms with Gasteiger partial charge in [0, 0.05) is 11.3 Å². The lowest BCUT2D eigenvalue weighted by atomic mass is 9.80. The number of aromatic nitrogens is 2. The molecule has 0 bridgehead atoms. The van der Waals surface area contributed by atoms with Gasteiger partial charge in [-0.05, 0) is 35.2 Å². The molecule has 0 amide bonds. The summed E-state index contributed by atoms with van der Waals surface area (Å²) in [4.78, 5) is 10.7. The second-order valence-electron chi connectivity index (χ2n) is 3.82. The minimum absolute atomic E-state index is 0.280. The number of hydrogen-bond acceptors (Lipinski definition) is 3. The third-order valence-electron chi connectivity index (χ3n) is 2.72. The highest BCUT2D eigenvalue weighted by molar-refractivity contribution is 9.10. The van der Waals surface area contributed by atoms with Crippen LogP contribution < -0.4 is 0 Å². The molecule has 15 heavy (non-hydrogen) atoms. The van der Waals surface area contributed by atoms with Gasteiger partial charge >= 0.3 is 5.97 Å². The first kappa shape index (κ1) is 10.6. The van der Waals surface area contributed by atoms with Crippen molar-refractivity contribution in [2.45, 2.75) is 31.3 Å². The molecule has 0 saturated heterocycles. The smallest absolute Gasteiger partial charge is 0.306 e. The summed E-state index contributed by atoms with van der Waals surface area (Å²) in [5.74, 6) is -1.00. The van der Waals surface area contributed by atoms with Gasteiger partial charge in [-0.1, -0.05) is 0 Å². The largest absolute Gasteiger partial charge is 0.481 e. The van der Waals surface area contributed by atoms with Gasteiger partial charge in [0.1, 0.15) is 10.2 Å². The van der Waals surface area contributed by atoms with E-state index in [0.29, 0.717) is 16.6 Å². The van der Waals surface area contributed by atoms with E-state index in [9.17, 15) is 9.90 Å². The van der Waals surface area contributed by atoms with Crippen molar-refractivity contribution in [3.05, 3.63) is 15.9 Å². The molecule has 1 unspecified atom stereocenters. The van der Waals surface area contributed by atoms with Crippen LogP contribution in [-0.4, -0.2) is 26.4 Å². The number of aryl methyl sites for hydroxylation is 1. The molecule has 0 fully saturated rings. The minimum atomic E-state index is -1.29. The number of nitrogens with one attached hydrogen (secondary N) is 1. The number of carboxylic acid groups (broad SMARTS) is 1. The maximum absolute atomic E-state index is 10.7. The topological polar surface area (TPSA) is 86.2 Å². The van der Waals surface area contributed by atoms with E-state index >= 15 is 0 Å². The molecule has 1 aliphatic carbocycles. The van der Waals surface area contributed by atoms with Crippen LogP contribution in [0.2, 0.25) is 0 Å². The molecular weight excluding hydrogens is 264 g/mol. The summed E-state index contributed by atoms with van der Waals surface area (Å²) in [6.45, 7) is 0. The van der Waals surface area contributed by atoms with Crippen LogP contribution in [0.5, 0.6) is 0 Å². The molecule has 3 N–H and O–H groups in total. The van der Waals surface area contributed by atoms with Crippen LogP contribution >= 0.6 is 15.9 Å². The van der Waals surface area contributed by atoms with Gasteiger partial charge in [-0.25, -0.2) is 0 Å². The summed E-state index contributed by atoms with van der Waals surface area (Å²) in [5.41, 5.74) is 0.152. The van der Waals surface area contributed by atoms with Crippen molar-refractivity contribution in [1.82, 2.24) is 10.2 Å². The summed E-state index contributed by atoms with van der Waals surface area (Å²) in [7, 11) is 0. The van der Waals surface area contributed by atoms with Crippen LogP contribution in [0.15, 0.2) is 4.60 Å².